The van der Waals surface area contributed by atoms with Crippen LogP contribution in [0.4, 0.5) is 0 Å². The molecule has 2 rings (SSSR count). The number of rotatable bonds is 10. The van der Waals surface area contributed by atoms with Crippen molar-refractivity contribution in [2.45, 2.75) is 44.6 Å². The predicted molar refractivity (Wildman–Crippen MR) is 94.0 cm³/mol. The summed E-state index contributed by atoms with van der Waals surface area (Å²) in [4.78, 5) is 27.2. The second kappa shape index (κ2) is 9.82. The Bertz CT molecular complexity index is 629. The van der Waals surface area contributed by atoms with E-state index >= 15 is 0 Å². The molecule has 1 aromatic heterocycles. The monoisotopic (exact) mass is 346 g/mol. The Hall–Kier alpha value is -2.21. The highest BCUT2D eigenvalue weighted by Gasteiger charge is 2.14. The van der Waals surface area contributed by atoms with Gasteiger partial charge in [-0.1, -0.05) is 30.3 Å². The van der Waals surface area contributed by atoms with Gasteiger partial charge in [0.2, 0.25) is 5.91 Å². The Balaban J connectivity index is 1.81. The van der Waals surface area contributed by atoms with Gasteiger partial charge in [-0.15, -0.1) is 11.3 Å². The fourth-order valence-corrected chi connectivity index (χ4v) is 3.16. The summed E-state index contributed by atoms with van der Waals surface area (Å²) in [5, 5.41) is 14.8. The molecular weight excluding hydrogens is 324 g/mol. The number of benzene rings is 1. The van der Waals surface area contributed by atoms with Gasteiger partial charge in [-0.25, -0.2) is 4.98 Å². The van der Waals surface area contributed by atoms with Crippen molar-refractivity contribution < 1.29 is 14.7 Å². The molecule has 2 aromatic rings. The van der Waals surface area contributed by atoms with E-state index in [9.17, 15) is 9.59 Å². The van der Waals surface area contributed by atoms with Crippen LogP contribution in [-0.4, -0.2) is 28.0 Å². The lowest BCUT2D eigenvalue weighted by Gasteiger charge is -2.18. The van der Waals surface area contributed by atoms with Crippen molar-refractivity contribution in [1.29, 1.82) is 0 Å². The zero-order chi connectivity index (χ0) is 17.2. The molecule has 0 radical (unpaired) electrons. The number of aryl methyl sites for hydroxylation is 1. The number of carboxylic acids is 1. The lowest BCUT2D eigenvalue weighted by molar-refractivity contribution is -0.137. The molecule has 1 atom stereocenters. The van der Waals surface area contributed by atoms with Crippen molar-refractivity contribution in [3.8, 4) is 0 Å². The zero-order valence-corrected chi connectivity index (χ0v) is 14.3. The highest BCUT2D eigenvalue weighted by molar-refractivity contribution is 7.09. The van der Waals surface area contributed by atoms with E-state index in [4.69, 9.17) is 5.11 Å². The minimum absolute atomic E-state index is 0.0297. The molecule has 128 valence electrons. The molecule has 0 saturated heterocycles. The number of hydrogen-bond acceptors (Lipinski definition) is 4. The molecule has 0 aliphatic carbocycles. The molecule has 1 heterocycles. The summed E-state index contributed by atoms with van der Waals surface area (Å²) in [7, 11) is 0. The van der Waals surface area contributed by atoms with E-state index in [0.29, 0.717) is 19.3 Å². The SMILES string of the molecule is O=C(O)CCC(Cc1ccccc1)NC(=O)CCCc1nccs1. The fraction of sp³-hybridized carbons (Fsp3) is 0.389. The van der Waals surface area contributed by atoms with Gasteiger partial charge < -0.3 is 10.4 Å². The van der Waals surface area contributed by atoms with Crippen LogP contribution in [0.15, 0.2) is 41.9 Å². The smallest absolute Gasteiger partial charge is 0.303 e. The normalized spacial score (nSPS) is 11.8. The van der Waals surface area contributed by atoms with E-state index in [1.54, 1.807) is 17.5 Å². The second-order valence-corrected chi connectivity index (χ2v) is 6.65. The Morgan fingerprint density at radius 2 is 2.00 bits per heavy atom. The third-order valence-corrected chi connectivity index (χ3v) is 4.51. The summed E-state index contributed by atoms with van der Waals surface area (Å²) >= 11 is 1.59. The Labute approximate surface area is 145 Å². The first-order chi connectivity index (χ1) is 11.6. The van der Waals surface area contributed by atoms with Crippen LogP contribution in [0.5, 0.6) is 0 Å². The van der Waals surface area contributed by atoms with Gasteiger partial charge in [0.25, 0.3) is 0 Å². The summed E-state index contributed by atoms with van der Waals surface area (Å²) in [6, 6.07) is 9.65. The topological polar surface area (TPSA) is 79.3 Å². The maximum absolute atomic E-state index is 12.1. The van der Waals surface area contributed by atoms with Crippen LogP contribution in [0.2, 0.25) is 0 Å². The van der Waals surface area contributed by atoms with Gasteiger partial charge in [-0.05, 0) is 31.2 Å². The molecule has 0 bridgehead atoms. The van der Waals surface area contributed by atoms with E-state index in [0.717, 1.165) is 23.4 Å². The average molecular weight is 346 g/mol. The highest BCUT2D eigenvalue weighted by atomic mass is 32.1. The molecule has 1 aromatic carbocycles. The van der Waals surface area contributed by atoms with Crippen molar-refractivity contribution in [1.82, 2.24) is 10.3 Å². The minimum Gasteiger partial charge on any atom is -0.481 e. The van der Waals surface area contributed by atoms with Gasteiger partial charge in [0.05, 0.1) is 5.01 Å². The number of nitrogens with zero attached hydrogens (tertiary/aromatic N) is 1. The lowest BCUT2D eigenvalue weighted by atomic mass is 10.0. The number of hydrogen-bond donors (Lipinski definition) is 2. The van der Waals surface area contributed by atoms with Crippen LogP contribution in [0.25, 0.3) is 0 Å². The zero-order valence-electron chi connectivity index (χ0n) is 13.5. The summed E-state index contributed by atoms with van der Waals surface area (Å²) < 4.78 is 0. The molecule has 0 saturated carbocycles. The first-order valence-corrected chi connectivity index (χ1v) is 8.95. The quantitative estimate of drug-likeness (QED) is 0.693. The number of aromatic nitrogens is 1. The van der Waals surface area contributed by atoms with Crippen LogP contribution < -0.4 is 5.32 Å². The van der Waals surface area contributed by atoms with E-state index < -0.39 is 5.97 Å². The molecule has 0 spiro atoms. The lowest BCUT2D eigenvalue weighted by Crippen LogP contribution is -2.36. The number of carboxylic acid groups (broad SMARTS) is 1. The maximum atomic E-state index is 12.1. The van der Waals surface area contributed by atoms with Gasteiger partial charge in [0.1, 0.15) is 0 Å². The number of aliphatic carboxylic acids is 1. The molecule has 0 aliphatic heterocycles. The molecule has 24 heavy (non-hydrogen) atoms. The summed E-state index contributed by atoms with van der Waals surface area (Å²) in [6.07, 6.45) is 4.87. The van der Waals surface area contributed by atoms with Crippen molar-refractivity contribution in [2.24, 2.45) is 0 Å². The van der Waals surface area contributed by atoms with Crippen molar-refractivity contribution in [3.63, 3.8) is 0 Å². The van der Waals surface area contributed by atoms with Gasteiger partial charge in [-0.3, -0.25) is 9.59 Å². The molecule has 1 unspecified atom stereocenters. The van der Waals surface area contributed by atoms with Crippen molar-refractivity contribution in [2.75, 3.05) is 0 Å². The number of carbonyl (C=O) groups is 2. The minimum atomic E-state index is -0.842. The van der Waals surface area contributed by atoms with E-state index in [-0.39, 0.29) is 18.4 Å². The largest absolute Gasteiger partial charge is 0.481 e. The number of thiazole rings is 1. The molecule has 0 aliphatic rings. The Kier molecular flexibility index (Phi) is 7.42. The molecule has 2 N–H and O–H groups in total. The molecule has 0 fully saturated rings. The number of amides is 1. The van der Waals surface area contributed by atoms with Gasteiger partial charge in [0.15, 0.2) is 0 Å². The predicted octanol–water partition coefficient (Wildman–Crippen LogP) is 3.06. The van der Waals surface area contributed by atoms with Crippen LogP contribution in [0, 0.1) is 0 Å². The van der Waals surface area contributed by atoms with Gasteiger partial charge in [0, 0.05) is 30.5 Å². The standard InChI is InChI=1S/C18H22N2O3S/c21-16(7-4-8-17-19-11-12-24-17)20-15(9-10-18(22)23)13-14-5-2-1-3-6-14/h1-3,5-6,11-12,15H,4,7-10,13H2,(H,20,21)(H,22,23). The molecule has 1 amide bonds. The second-order valence-electron chi connectivity index (χ2n) is 5.67. The van der Waals surface area contributed by atoms with Gasteiger partial charge >= 0.3 is 5.97 Å². The Morgan fingerprint density at radius 3 is 2.67 bits per heavy atom. The van der Waals surface area contributed by atoms with E-state index in [1.165, 1.54) is 0 Å². The van der Waals surface area contributed by atoms with E-state index in [1.807, 2.05) is 35.7 Å². The van der Waals surface area contributed by atoms with Gasteiger partial charge in [-0.2, -0.15) is 0 Å². The first kappa shape index (κ1) is 18.1. The van der Waals surface area contributed by atoms with Crippen LogP contribution >= 0.6 is 11.3 Å². The third-order valence-electron chi connectivity index (χ3n) is 3.67. The summed E-state index contributed by atoms with van der Waals surface area (Å²) in [6.45, 7) is 0. The third kappa shape index (κ3) is 6.91. The number of nitrogens with one attached hydrogen (secondary N) is 1. The van der Waals surface area contributed by atoms with Crippen LogP contribution in [0.1, 0.15) is 36.3 Å². The number of carbonyl (C=O) groups excluding carboxylic acids is 1. The molecular formula is C18H22N2O3S. The first-order valence-electron chi connectivity index (χ1n) is 8.07. The summed E-state index contributed by atoms with van der Waals surface area (Å²) in [5.41, 5.74) is 1.09. The molecule has 5 nitrogen and oxygen atoms in total. The fourth-order valence-electron chi connectivity index (χ4n) is 2.50. The maximum Gasteiger partial charge on any atom is 0.303 e. The van der Waals surface area contributed by atoms with Crippen LogP contribution in [-0.2, 0) is 22.4 Å². The van der Waals surface area contributed by atoms with Crippen molar-refractivity contribution >= 4 is 23.2 Å². The Morgan fingerprint density at radius 1 is 1.21 bits per heavy atom. The average Bonchev–Trinajstić information content (AvgIpc) is 3.07. The van der Waals surface area contributed by atoms with Crippen molar-refractivity contribution in [3.05, 3.63) is 52.5 Å². The van der Waals surface area contributed by atoms with Crippen LogP contribution in [0.3, 0.4) is 0 Å². The summed E-state index contributed by atoms with van der Waals surface area (Å²) in [5.74, 6) is -0.871. The highest BCUT2D eigenvalue weighted by Crippen LogP contribution is 2.10. The van der Waals surface area contributed by atoms with E-state index in [2.05, 4.69) is 10.3 Å². The molecule has 6 heteroatoms.